The number of carbonyl (C=O) groups excluding carboxylic acids is 1. The zero-order valence-corrected chi connectivity index (χ0v) is 18.3. The molecule has 4 nitrogen and oxygen atoms in total. The number of aromatic amines is 1. The number of nitrogens with one attached hydrogen (secondary N) is 1. The van der Waals surface area contributed by atoms with Crippen LogP contribution in [0, 0.1) is 11.7 Å². The number of ether oxygens (including phenoxy) is 1. The molecule has 2 heterocycles. The van der Waals surface area contributed by atoms with Crippen LogP contribution in [-0.2, 0) is 6.42 Å². The first-order valence-corrected chi connectivity index (χ1v) is 10.9. The summed E-state index contributed by atoms with van der Waals surface area (Å²) in [6.45, 7) is 2.54. The van der Waals surface area contributed by atoms with Crippen molar-refractivity contribution in [3.05, 3.63) is 101 Å². The minimum atomic E-state index is -0.459. The average molecular weight is 449 g/mol. The Balaban J connectivity index is 1.56. The number of hydrogen-bond donors (Lipinski definition) is 1. The highest BCUT2D eigenvalue weighted by Gasteiger charge is 2.38. The maximum Gasteiger partial charge on any atom is 0.415 e. The summed E-state index contributed by atoms with van der Waals surface area (Å²) in [4.78, 5) is 18.5. The predicted octanol–water partition coefficient (Wildman–Crippen LogP) is 6.75. The topological polar surface area (TPSA) is 45.3 Å². The van der Waals surface area contributed by atoms with Gasteiger partial charge in [0.2, 0.25) is 0 Å². The fraction of sp³-hybridized carbons (Fsp3) is 0.192. The Hall–Kier alpha value is -3.31. The van der Waals surface area contributed by atoms with Crippen LogP contribution in [-0.4, -0.2) is 22.5 Å². The van der Waals surface area contributed by atoms with E-state index in [-0.39, 0.29) is 17.8 Å². The maximum absolute atomic E-state index is 13.3. The molecule has 1 aromatic heterocycles. The van der Waals surface area contributed by atoms with E-state index < -0.39 is 6.09 Å². The summed E-state index contributed by atoms with van der Waals surface area (Å²) < 4.78 is 18.9. The van der Waals surface area contributed by atoms with Crippen LogP contribution in [0.2, 0.25) is 5.02 Å². The van der Waals surface area contributed by atoms with Gasteiger partial charge < -0.3 is 9.72 Å². The number of rotatable bonds is 2. The highest BCUT2D eigenvalue weighted by atomic mass is 35.5. The molecule has 1 amide bonds. The Kier molecular flexibility index (Phi) is 5.35. The van der Waals surface area contributed by atoms with Crippen LogP contribution < -0.4 is 4.74 Å². The first-order valence-electron chi connectivity index (χ1n) is 10.6. The zero-order chi connectivity index (χ0) is 22.2. The van der Waals surface area contributed by atoms with Gasteiger partial charge in [0.25, 0.3) is 0 Å². The van der Waals surface area contributed by atoms with E-state index >= 15 is 0 Å². The van der Waals surface area contributed by atoms with E-state index in [0.717, 1.165) is 22.2 Å². The van der Waals surface area contributed by atoms with Crippen molar-refractivity contribution >= 4 is 28.6 Å². The molecule has 2 aliphatic rings. The number of amides is 1. The summed E-state index contributed by atoms with van der Waals surface area (Å²) in [6, 6.07) is 11.0. The molecule has 1 aliphatic heterocycles. The van der Waals surface area contributed by atoms with Crippen molar-refractivity contribution in [3.8, 4) is 5.75 Å². The van der Waals surface area contributed by atoms with Crippen molar-refractivity contribution < 1.29 is 13.9 Å². The molecule has 5 rings (SSSR count). The molecule has 0 radical (unpaired) electrons. The monoisotopic (exact) mass is 448 g/mol. The van der Waals surface area contributed by atoms with Gasteiger partial charge in [-0.1, -0.05) is 47.6 Å². The molecule has 1 aliphatic carbocycles. The smallest absolute Gasteiger partial charge is 0.410 e. The number of H-pyrrole nitrogens is 1. The molecule has 0 saturated heterocycles. The third-order valence-electron chi connectivity index (χ3n) is 6.03. The summed E-state index contributed by atoms with van der Waals surface area (Å²) in [5.74, 6) is -0.112. The molecule has 32 heavy (non-hydrogen) atoms. The van der Waals surface area contributed by atoms with Gasteiger partial charge in [-0.25, -0.2) is 9.18 Å². The molecule has 6 heteroatoms. The second-order valence-corrected chi connectivity index (χ2v) is 8.59. The van der Waals surface area contributed by atoms with Crippen LogP contribution in [0.1, 0.15) is 24.2 Å². The molecular formula is C26H22ClFN2O2. The second kappa shape index (κ2) is 8.32. The normalized spacial score (nSPS) is 20.1. The Labute approximate surface area is 190 Å². The Morgan fingerprint density at radius 2 is 2.00 bits per heavy atom. The highest BCUT2D eigenvalue weighted by Crippen LogP contribution is 2.41. The van der Waals surface area contributed by atoms with Gasteiger partial charge in [-0.05, 0) is 61.4 Å². The number of hydrogen-bond acceptors (Lipinski definition) is 2. The average Bonchev–Trinajstić information content (AvgIpc) is 3.00. The lowest BCUT2D eigenvalue weighted by Crippen LogP contribution is -2.44. The van der Waals surface area contributed by atoms with Crippen LogP contribution in [0.5, 0.6) is 5.75 Å². The molecule has 0 bridgehead atoms. The highest BCUT2D eigenvalue weighted by molar-refractivity contribution is 6.31. The SMILES string of the molecule is CC1=CC=CC(C2c3[nH]c4ccc(Cl)cc4c3CCN2C(=O)Oc2ccc(F)cc2)C=C1. The molecule has 2 aromatic carbocycles. The summed E-state index contributed by atoms with van der Waals surface area (Å²) in [7, 11) is 0. The maximum atomic E-state index is 13.3. The summed E-state index contributed by atoms with van der Waals surface area (Å²) in [6.07, 6.45) is 10.6. The van der Waals surface area contributed by atoms with Crippen molar-refractivity contribution in [3.63, 3.8) is 0 Å². The van der Waals surface area contributed by atoms with Crippen molar-refractivity contribution in [2.45, 2.75) is 19.4 Å². The fourth-order valence-corrected chi connectivity index (χ4v) is 4.66. The minimum Gasteiger partial charge on any atom is -0.410 e. The molecule has 0 fully saturated rings. The van der Waals surface area contributed by atoms with Crippen LogP contribution in [0.25, 0.3) is 10.9 Å². The van der Waals surface area contributed by atoms with Gasteiger partial charge in [-0.3, -0.25) is 4.90 Å². The van der Waals surface area contributed by atoms with Gasteiger partial charge >= 0.3 is 6.09 Å². The van der Waals surface area contributed by atoms with Crippen molar-refractivity contribution in [2.75, 3.05) is 6.54 Å². The third-order valence-corrected chi connectivity index (χ3v) is 6.26. The lowest BCUT2D eigenvalue weighted by Gasteiger charge is -2.37. The molecule has 0 saturated carbocycles. The number of halogens is 2. The van der Waals surface area contributed by atoms with Gasteiger partial charge in [0.05, 0.1) is 6.04 Å². The van der Waals surface area contributed by atoms with Crippen LogP contribution >= 0.6 is 11.6 Å². The van der Waals surface area contributed by atoms with Gasteiger partial charge in [0.15, 0.2) is 0 Å². The molecule has 162 valence electrons. The molecule has 0 spiro atoms. The molecule has 2 atom stereocenters. The van der Waals surface area contributed by atoms with E-state index in [0.29, 0.717) is 23.7 Å². The van der Waals surface area contributed by atoms with Crippen LogP contribution in [0.4, 0.5) is 9.18 Å². The standard InChI is InChI=1S/C26H22ClFN2O2/c1-16-3-2-4-17(6-5-16)25-24-21(22-15-18(27)7-12-23(22)29-24)13-14-30(25)26(31)32-20-10-8-19(28)9-11-20/h2-12,15,17,25,29H,13-14H2,1H3. The number of carbonyl (C=O) groups is 1. The first-order chi connectivity index (χ1) is 15.5. The van der Waals surface area contributed by atoms with Gasteiger partial charge in [0.1, 0.15) is 11.6 Å². The first kappa shape index (κ1) is 20.6. The number of aromatic nitrogens is 1. The number of nitrogens with zero attached hydrogens (tertiary/aromatic N) is 1. The van der Waals surface area contributed by atoms with Crippen molar-refractivity contribution in [1.29, 1.82) is 0 Å². The fourth-order valence-electron chi connectivity index (χ4n) is 4.49. The second-order valence-electron chi connectivity index (χ2n) is 8.15. The number of benzene rings is 2. The Bertz CT molecular complexity index is 1270. The van der Waals surface area contributed by atoms with Gasteiger partial charge in [0, 0.05) is 34.1 Å². The van der Waals surface area contributed by atoms with E-state index in [1.807, 2.05) is 37.3 Å². The molecule has 1 N–H and O–H groups in total. The summed E-state index contributed by atoms with van der Waals surface area (Å²) >= 11 is 6.27. The van der Waals surface area contributed by atoms with Gasteiger partial charge in [-0.2, -0.15) is 0 Å². The van der Waals surface area contributed by atoms with Crippen LogP contribution in [0.15, 0.2) is 78.4 Å². The quantitative estimate of drug-likeness (QED) is 0.471. The third kappa shape index (κ3) is 3.84. The van der Waals surface area contributed by atoms with E-state index in [4.69, 9.17) is 16.3 Å². The summed E-state index contributed by atoms with van der Waals surface area (Å²) in [5.41, 5.74) is 4.30. The lowest BCUT2D eigenvalue weighted by atomic mass is 9.88. The minimum absolute atomic E-state index is 0.0490. The Morgan fingerprint density at radius 1 is 1.19 bits per heavy atom. The van der Waals surface area contributed by atoms with Gasteiger partial charge in [-0.15, -0.1) is 0 Å². The van der Waals surface area contributed by atoms with Crippen molar-refractivity contribution in [1.82, 2.24) is 9.88 Å². The Morgan fingerprint density at radius 3 is 2.81 bits per heavy atom. The van der Waals surface area contributed by atoms with E-state index in [1.165, 1.54) is 29.8 Å². The van der Waals surface area contributed by atoms with Crippen molar-refractivity contribution in [2.24, 2.45) is 5.92 Å². The lowest BCUT2D eigenvalue weighted by molar-refractivity contribution is 0.117. The van der Waals surface area contributed by atoms with E-state index in [1.54, 1.807) is 4.90 Å². The largest absolute Gasteiger partial charge is 0.415 e. The molecule has 3 aromatic rings. The summed E-state index contributed by atoms with van der Waals surface area (Å²) in [5, 5.41) is 1.77. The number of fused-ring (bicyclic) bond motifs is 3. The van der Waals surface area contributed by atoms with E-state index in [9.17, 15) is 9.18 Å². The molecule has 2 unspecified atom stereocenters. The number of allylic oxidation sites excluding steroid dienone is 4. The molecular weight excluding hydrogens is 427 g/mol. The zero-order valence-electron chi connectivity index (χ0n) is 17.5. The predicted molar refractivity (Wildman–Crippen MR) is 124 cm³/mol. The van der Waals surface area contributed by atoms with Crippen LogP contribution in [0.3, 0.4) is 0 Å². The van der Waals surface area contributed by atoms with E-state index in [2.05, 4.69) is 23.2 Å².